The number of hydrogen-bond donors (Lipinski definition) is 10. The lowest BCUT2D eigenvalue weighted by molar-refractivity contribution is -0.342. The molecular formula is C37H38O18. The van der Waals surface area contributed by atoms with Gasteiger partial charge in [-0.3, -0.25) is 4.79 Å². The summed E-state index contributed by atoms with van der Waals surface area (Å²) < 4.78 is 33.2. The molecule has 0 amide bonds. The minimum Gasteiger partial charge on any atom is -0.508 e. The van der Waals surface area contributed by atoms with E-state index in [1.54, 1.807) is 0 Å². The van der Waals surface area contributed by atoms with Crippen molar-refractivity contribution < 1.29 is 84.0 Å². The van der Waals surface area contributed by atoms with Crippen molar-refractivity contribution in [3.05, 3.63) is 82.0 Å². The minimum atomic E-state index is -2.03. The number of aliphatic hydroxyl groups is 6. The van der Waals surface area contributed by atoms with Crippen LogP contribution in [0.15, 0.2) is 69.9 Å². The van der Waals surface area contributed by atoms with Gasteiger partial charge in [0.25, 0.3) is 0 Å². The molecule has 2 saturated heterocycles. The fourth-order valence-corrected chi connectivity index (χ4v) is 6.32. The number of ether oxygens (including phenoxy) is 5. The Morgan fingerprint density at radius 2 is 1.53 bits per heavy atom. The lowest BCUT2D eigenvalue weighted by Gasteiger charge is -2.46. The van der Waals surface area contributed by atoms with E-state index in [2.05, 4.69) is 0 Å². The Bertz CT molecular complexity index is 2100. The third-order valence-electron chi connectivity index (χ3n) is 9.28. The molecule has 294 valence electrons. The maximum atomic E-state index is 13.3. The molecule has 55 heavy (non-hydrogen) atoms. The number of aromatic hydroxyl groups is 4. The summed E-state index contributed by atoms with van der Waals surface area (Å²) >= 11 is 0. The molecule has 2 aliphatic heterocycles. The Morgan fingerprint density at radius 3 is 2.22 bits per heavy atom. The van der Waals surface area contributed by atoms with Crippen LogP contribution in [0.25, 0.3) is 28.4 Å². The van der Waals surface area contributed by atoms with Crippen LogP contribution in [-0.4, -0.2) is 132 Å². The van der Waals surface area contributed by atoms with Crippen molar-refractivity contribution in [3.8, 4) is 40.1 Å². The summed E-state index contributed by atoms with van der Waals surface area (Å²) in [4.78, 5) is 25.8. The summed E-state index contributed by atoms with van der Waals surface area (Å²) in [6, 6.07) is 12.0. The van der Waals surface area contributed by atoms with Gasteiger partial charge in [-0.25, -0.2) is 4.79 Å². The summed E-state index contributed by atoms with van der Waals surface area (Å²) in [5.74, 6) is -2.54. The molecule has 3 aromatic carbocycles. The number of methoxy groups -OCH3 is 1. The molecule has 1 aromatic heterocycles. The van der Waals surface area contributed by atoms with Gasteiger partial charge in [0, 0.05) is 23.8 Å². The topological polar surface area (TPSA) is 296 Å². The molecule has 0 saturated carbocycles. The highest BCUT2D eigenvalue weighted by atomic mass is 16.7. The van der Waals surface area contributed by atoms with E-state index in [1.165, 1.54) is 55.7 Å². The molecule has 0 spiro atoms. The van der Waals surface area contributed by atoms with Gasteiger partial charge in [0.05, 0.1) is 19.3 Å². The molecule has 10 N–H and O–H groups in total. The number of phenols is 4. The fourth-order valence-electron chi connectivity index (χ4n) is 6.32. The zero-order chi connectivity index (χ0) is 39.7. The zero-order valence-corrected chi connectivity index (χ0v) is 28.8. The Hall–Kier alpha value is -5.28. The van der Waals surface area contributed by atoms with Gasteiger partial charge in [-0.15, -0.1) is 0 Å². The van der Waals surface area contributed by atoms with Crippen molar-refractivity contribution in [2.75, 3.05) is 20.3 Å². The highest BCUT2D eigenvalue weighted by molar-refractivity contribution is 5.88. The van der Waals surface area contributed by atoms with E-state index in [0.29, 0.717) is 11.1 Å². The molecule has 2 fully saturated rings. The lowest BCUT2D eigenvalue weighted by Crippen LogP contribution is -2.63. The van der Waals surface area contributed by atoms with Crippen LogP contribution in [0.4, 0.5) is 0 Å². The first-order chi connectivity index (χ1) is 26.2. The number of carbonyl (C=O) groups excluding carboxylic acids is 1. The first kappa shape index (κ1) is 39.4. The van der Waals surface area contributed by atoms with Gasteiger partial charge >= 0.3 is 5.97 Å². The smallest absolute Gasteiger partial charge is 0.330 e. The van der Waals surface area contributed by atoms with E-state index >= 15 is 0 Å². The number of hydrogen-bond acceptors (Lipinski definition) is 18. The van der Waals surface area contributed by atoms with Gasteiger partial charge in [0.15, 0.2) is 23.2 Å². The number of esters is 1. The molecule has 2 aliphatic rings. The molecule has 3 heterocycles. The van der Waals surface area contributed by atoms with E-state index in [0.717, 1.165) is 18.2 Å². The summed E-state index contributed by atoms with van der Waals surface area (Å²) in [6.45, 7) is -1.56. The van der Waals surface area contributed by atoms with Crippen LogP contribution >= 0.6 is 0 Å². The van der Waals surface area contributed by atoms with Crippen molar-refractivity contribution in [1.29, 1.82) is 0 Å². The molecule has 0 unspecified atom stereocenters. The van der Waals surface area contributed by atoms with E-state index in [4.69, 9.17) is 28.1 Å². The van der Waals surface area contributed by atoms with Crippen LogP contribution in [-0.2, 0) is 23.7 Å². The Balaban J connectivity index is 1.26. The summed E-state index contributed by atoms with van der Waals surface area (Å²) in [5, 5.41) is 106. The van der Waals surface area contributed by atoms with Crippen LogP contribution in [0.5, 0.6) is 28.7 Å². The van der Waals surface area contributed by atoms with Gasteiger partial charge in [-0.05, 0) is 48.0 Å². The van der Waals surface area contributed by atoms with Gasteiger partial charge < -0.3 is 79.2 Å². The van der Waals surface area contributed by atoms with Gasteiger partial charge in [-0.1, -0.05) is 6.07 Å². The second-order valence-corrected chi connectivity index (χ2v) is 12.8. The second-order valence-electron chi connectivity index (χ2n) is 12.8. The maximum absolute atomic E-state index is 13.3. The average Bonchev–Trinajstić information content (AvgIpc) is 3.16. The molecule has 18 heteroatoms. The zero-order valence-electron chi connectivity index (χ0n) is 28.8. The quantitative estimate of drug-likeness (QED) is 0.0743. The molecule has 6 rings (SSSR count). The highest BCUT2D eigenvalue weighted by Crippen LogP contribution is 2.46. The van der Waals surface area contributed by atoms with Crippen molar-refractivity contribution in [2.24, 2.45) is 0 Å². The van der Waals surface area contributed by atoms with Crippen molar-refractivity contribution >= 4 is 23.0 Å². The van der Waals surface area contributed by atoms with Crippen LogP contribution in [0.1, 0.15) is 17.2 Å². The van der Waals surface area contributed by atoms with Crippen LogP contribution in [0.2, 0.25) is 0 Å². The third-order valence-corrected chi connectivity index (χ3v) is 9.28. The molecule has 0 aliphatic carbocycles. The van der Waals surface area contributed by atoms with Crippen LogP contribution < -0.4 is 10.2 Å². The van der Waals surface area contributed by atoms with E-state index in [1.807, 2.05) is 0 Å². The molecular weight excluding hydrogens is 732 g/mol. The predicted molar refractivity (Wildman–Crippen MR) is 186 cm³/mol. The summed E-state index contributed by atoms with van der Waals surface area (Å²) in [7, 11) is 1.35. The standard InChI is InChI=1S/C37H38O18/c1-50-22-10-15(2-8-18(22)40)3-9-26(43)51-14-25-30(45)32(47)34(49)37(54-25)55-36-33(48)29(44)24(13-38)53-35(36)28-20(42)12-23-27(31(28)46)19(41)11-21(52-23)16-4-6-17(39)7-5-16/h2-12,24-25,29-30,32-40,42,44-49H,13-14H2,1H3/b9-3+/t24-,25-,29-,30+,32+,33+,34-,35+,36-,37+/m1/s1. The van der Waals surface area contributed by atoms with E-state index in [9.17, 15) is 60.7 Å². The van der Waals surface area contributed by atoms with Crippen LogP contribution in [0.3, 0.4) is 0 Å². The average molecular weight is 771 g/mol. The van der Waals surface area contributed by atoms with Crippen molar-refractivity contribution in [2.45, 2.75) is 61.2 Å². The maximum Gasteiger partial charge on any atom is 0.330 e. The number of carbonyl (C=O) groups is 1. The summed E-state index contributed by atoms with van der Waals surface area (Å²) in [6.07, 6.45) is -16.1. The Kier molecular flexibility index (Phi) is 11.6. The number of fused-ring (bicyclic) bond motifs is 1. The molecule has 18 nitrogen and oxygen atoms in total. The molecule has 0 bridgehead atoms. The Labute approximate surface area is 310 Å². The minimum absolute atomic E-state index is 0.0245. The van der Waals surface area contributed by atoms with Gasteiger partial charge in [0.2, 0.25) is 0 Å². The SMILES string of the molecule is COc1cc(/C=C/C(=O)OC[C@H]2O[C@@H](O[C@@H]3[C@@H](O)[C@H](O)[C@@H](CO)O[C@H]3c3c(O)cc4oc(-c5ccc(O)cc5)cc(=O)c4c3O)[C@H](O)[C@@H](O)[C@H]2O)ccc1O. The van der Waals surface area contributed by atoms with Crippen molar-refractivity contribution in [1.82, 2.24) is 0 Å². The second kappa shape index (κ2) is 16.2. The molecule has 10 atom stereocenters. The number of aliphatic hydroxyl groups excluding tert-OH is 6. The third kappa shape index (κ3) is 7.94. The van der Waals surface area contributed by atoms with Crippen LogP contribution in [0, 0.1) is 0 Å². The fraction of sp³-hybridized carbons (Fsp3) is 0.351. The monoisotopic (exact) mass is 770 g/mol. The normalized spacial score (nSPS) is 28.3. The largest absolute Gasteiger partial charge is 0.508 e. The van der Waals surface area contributed by atoms with Crippen molar-refractivity contribution in [3.63, 3.8) is 0 Å². The molecule has 0 radical (unpaired) electrons. The van der Waals surface area contributed by atoms with E-state index in [-0.39, 0.29) is 28.6 Å². The van der Waals surface area contributed by atoms with Gasteiger partial charge in [0.1, 0.15) is 95.5 Å². The number of phenolic OH excluding ortho intramolecular Hbond substituents is 4. The number of benzene rings is 3. The molecule has 4 aromatic rings. The summed E-state index contributed by atoms with van der Waals surface area (Å²) in [5.41, 5.74) is -0.774. The lowest BCUT2D eigenvalue weighted by atomic mass is 9.89. The predicted octanol–water partition coefficient (Wildman–Crippen LogP) is -0.106. The first-order valence-electron chi connectivity index (χ1n) is 16.7. The number of rotatable bonds is 10. The van der Waals surface area contributed by atoms with Gasteiger partial charge in [-0.2, -0.15) is 0 Å². The van der Waals surface area contributed by atoms with E-state index < -0.39 is 108 Å². The Morgan fingerprint density at radius 1 is 0.818 bits per heavy atom. The first-order valence-corrected chi connectivity index (χ1v) is 16.7. The highest BCUT2D eigenvalue weighted by Gasteiger charge is 2.52.